The summed E-state index contributed by atoms with van der Waals surface area (Å²) in [4.78, 5) is 0. The summed E-state index contributed by atoms with van der Waals surface area (Å²) >= 11 is 0. The van der Waals surface area contributed by atoms with Crippen LogP contribution in [0, 0.1) is 6.92 Å². The number of rotatable bonds is 3. The van der Waals surface area contributed by atoms with Crippen molar-refractivity contribution in [3.63, 3.8) is 0 Å². The lowest BCUT2D eigenvalue weighted by molar-refractivity contribution is 0.0512. The van der Waals surface area contributed by atoms with Crippen LogP contribution in [0.1, 0.15) is 5.56 Å². The Labute approximate surface area is 89.4 Å². The van der Waals surface area contributed by atoms with Crippen LogP contribution < -0.4 is 4.74 Å². The van der Waals surface area contributed by atoms with Crippen molar-refractivity contribution in [2.45, 2.75) is 6.92 Å². The van der Waals surface area contributed by atoms with Gasteiger partial charge in [0.05, 0.1) is 0 Å². The van der Waals surface area contributed by atoms with E-state index in [1.54, 1.807) is 7.11 Å². The molecule has 0 heterocycles. The van der Waals surface area contributed by atoms with Gasteiger partial charge in [-0.3, -0.25) is 0 Å². The lowest BCUT2D eigenvalue weighted by Gasteiger charge is -2.08. The molecule has 2 heteroatoms. The first-order valence-electron chi connectivity index (χ1n) is 4.92. The van der Waals surface area contributed by atoms with Crippen LogP contribution in [0.15, 0.2) is 36.4 Å². The topological polar surface area (TPSA) is 18.5 Å². The van der Waals surface area contributed by atoms with E-state index >= 15 is 0 Å². The Balaban J connectivity index is 2.43. The third-order valence-corrected chi connectivity index (χ3v) is 2.39. The summed E-state index contributed by atoms with van der Waals surface area (Å²) in [6.45, 7) is 2.37. The monoisotopic (exact) mass is 202 g/mol. The second-order valence-electron chi connectivity index (χ2n) is 3.51. The van der Waals surface area contributed by atoms with Gasteiger partial charge >= 0.3 is 0 Å². The molecule has 2 aromatic carbocycles. The fourth-order valence-corrected chi connectivity index (χ4v) is 1.68. The van der Waals surface area contributed by atoms with Crippen LogP contribution in [0.25, 0.3) is 10.8 Å². The van der Waals surface area contributed by atoms with Crippen LogP contribution in [0.3, 0.4) is 0 Å². The molecule has 0 saturated carbocycles. The van der Waals surface area contributed by atoms with E-state index in [9.17, 15) is 0 Å². The highest BCUT2D eigenvalue weighted by Crippen LogP contribution is 2.24. The lowest BCUT2D eigenvalue weighted by Crippen LogP contribution is -1.98. The molecule has 0 bridgehead atoms. The van der Waals surface area contributed by atoms with Crippen molar-refractivity contribution in [3.05, 3.63) is 42.0 Å². The summed E-state index contributed by atoms with van der Waals surface area (Å²) in [5.74, 6) is 0.855. The van der Waals surface area contributed by atoms with Gasteiger partial charge in [0.25, 0.3) is 0 Å². The Bertz CT molecular complexity index is 463. The van der Waals surface area contributed by atoms with Gasteiger partial charge in [0.2, 0.25) is 0 Å². The SMILES string of the molecule is COCOc1cc(C)c2ccccc2c1. The molecule has 0 saturated heterocycles. The average Bonchev–Trinajstić information content (AvgIpc) is 2.26. The van der Waals surface area contributed by atoms with Crippen molar-refractivity contribution < 1.29 is 9.47 Å². The van der Waals surface area contributed by atoms with E-state index in [1.165, 1.54) is 16.3 Å². The maximum atomic E-state index is 5.42. The highest BCUT2D eigenvalue weighted by Gasteiger charge is 2.00. The molecule has 2 aromatic rings. The first-order chi connectivity index (χ1) is 7.31. The number of aryl methyl sites for hydroxylation is 1. The van der Waals surface area contributed by atoms with Crippen molar-refractivity contribution >= 4 is 10.8 Å². The van der Waals surface area contributed by atoms with Gasteiger partial charge in [0, 0.05) is 7.11 Å². The fraction of sp³-hybridized carbons (Fsp3) is 0.231. The number of fused-ring (bicyclic) bond motifs is 1. The molecular formula is C13H14O2. The summed E-state index contributed by atoms with van der Waals surface area (Å²) in [6.07, 6.45) is 0. The van der Waals surface area contributed by atoms with Crippen LogP contribution in [0.2, 0.25) is 0 Å². The van der Waals surface area contributed by atoms with Gasteiger partial charge < -0.3 is 9.47 Å². The van der Waals surface area contributed by atoms with Gasteiger partial charge in [-0.2, -0.15) is 0 Å². The second kappa shape index (κ2) is 4.32. The number of hydrogen-bond donors (Lipinski definition) is 0. The molecule has 0 aliphatic rings. The van der Waals surface area contributed by atoms with E-state index in [-0.39, 0.29) is 6.79 Å². The smallest absolute Gasteiger partial charge is 0.188 e. The molecule has 0 aliphatic heterocycles. The van der Waals surface area contributed by atoms with Crippen LogP contribution in [0.4, 0.5) is 0 Å². The number of ether oxygens (including phenoxy) is 2. The molecule has 2 rings (SSSR count). The van der Waals surface area contributed by atoms with Crippen LogP contribution in [-0.4, -0.2) is 13.9 Å². The fourth-order valence-electron chi connectivity index (χ4n) is 1.68. The average molecular weight is 202 g/mol. The lowest BCUT2D eigenvalue weighted by atomic mass is 10.1. The highest BCUT2D eigenvalue weighted by atomic mass is 16.7. The Hall–Kier alpha value is -1.54. The number of benzene rings is 2. The van der Waals surface area contributed by atoms with Crippen molar-refractivity contribution in [1.82, 2.24) is 0 Å². The second-order valence-corrected chi connectivity index (χ2v) is 3.51. The van der Waals surface area contributed by atoms with Gasteiger partial charge in [-0.25, -0.2) is 0 Å². The van der Waals surface area contributed by atoms with E-state index in [0.717, 1.165) is 5.75 Å². The molecule has 0 aliphatic carbocycles. The Morgan fingerprint density at radius 1 is 1.13 bits per heavy atom. The zero-order valence-corrected chi connectivity index (χ0v) is 8.99. The van der Waals surface area contributed by atoms with Crippen molar-refractivity contribution in [1.29, 1.82) is 0 Å². The summed E-state index contributed by atoms with van der Waals surface area (Å²) in [6, 6.07) is 12.3. The molecule has 0 N–H and O–H groups in total. The van der Waals surface area contributed by atoms with Crippen molar-refractivity contribution in [3.8, 4) is 5.75 Å². The Morgan fingerprint density at radius 2 is 1.93 bits per heavy atom. The molecule has 78 valence electrons. The zero-order valence-electron chi connectivity index (χ0n) is 8.99. The Kier molecular flexibility index (Phi) is 2.88. The third-order valence-electron chi connectivity index (χ3n) is 2.39. The molecule has 0 amide bonds. The first-order valence-corrected chi connectivity index (χ1v) is 4.92. The normalized spacial score (nSPS) is 10.5. The summed E-state index contributed by atoms with van der Waals surface area (Å²) in [7, 11) is 1.62. The molecule has 0 spiro atoms. The van der Waals surface area contributed by atoms with Gasteiger partial charge in [0.15, 0.2) is 6.79 Å². The van der Waals surface area contributed by atoms with E-state index in [0.29, 0.717) is 0 Å². The van der Waals surface area contributed by atoms with Gasteiger partial charge in [-0.05, 0) is 35.4 Å². The maximum Gasteiger partial charge on any atom is 0.188 e. The third kappa shape index (κ3) is 2.10. The maximum absolute atomic E-state index is 5.42. The largest absolute Gasteiger partial charge is 0.468 e. The predicted octanol–water partition coefficient (Wildman–Crippen LogP) is 3.13. The molecule has 0 atom stereocenters. The predicted molar refractivity (Wildman–Crippen MR) is 61.2 cm³/mol. The van der Waals surface area contributed by atoms with Gasteiger partial charge in [-0.15, -0.1) is 0 Å². The van der Waals surface area contributed by atoms with Gasteiger partial charge in [-0.1, -0.05) is 24.3 Å². The highest BCUT2D eigenvalue weighted by molar-refractivity contribution is 5.86. The minimum Gasteiger partial charge on any atom is -0.468 e. The van der Waals surface area contributed by atoms with Crippen molar-refractivity contribution in [2.24, 2.45) is 0 Å². The Morgan fingerprint density at radius 3 is 2.73 bits per heavy atom. The molecule has 0 aromatic heterocycles. The molecular weight excluding hydrogens is 188 g/mol. The number of methoxy groups -OCH3 is 1. The molecule has 0 radical (unpaired) electrons. The molecule has 2 nitrogen and oxygen atoms in total. The summed E-state index contributed by atoms with van der Waals surface area (Å²) in [5, 5.41) is 2.46. The van der Waals surface area contributed by atoms with Crippen LogP contribution in [-0.2, 0) is 4.74 Å². The molecule has 15 heavy (non-hydrogen) atoms. The minimum atomic E-state index is 0.289. The molecule has 0 unspecified atom stereocenters. The zero-order chi connectivity index (χ0) is 10.7. The van der Waals surface area contributed by atoms with E-state index in [4.69, 9.17) is 9.47 Å². The minimum absolute atomic E-state index is 0.289. The molecule has 0 fully saturated rings. The standard InChI is InChI=1S/C13H14O2/c1-10-7-12(15-9-14-2)8-11-5-3-4-6-13(10)11/h3-8H,9H2,1-2H3. The van der Waals surface area contributed by atoms with E-state index in [1.807, 2.05) is 24.3 Å². The summed E-state index contributed by atoms with van der Waals surface area (Å²) in [5.41, 5.74) is 1.22. The van der Waals surface area contributed by atoms with E-state index < -0.39 is 0 Å². The van der Waals surface area contributed by atoms with Gasteiger partial charge in [0.1, 0.15) is 5.75 Å². The van der Waals surface area contributed by atoms with Crippen LogP contribution in [0.5, 0.6) is 5.75 Å². The first kappa shape index (κ1) is 9.99. The quantitative estimate of drug-likeness (QED) is 0.712. The van der Waals surface area contributed by atoms with Crippen molar-refractivity contribution in [2.75, 3.05) is 13.9 Å². The van der Waals surface area contributed by atoms with Crippen LogP contribution >= 0.6 is 0 Å². The summed E-state index contributed by atoms with van der Waals surface area (Å²) < 4.78 is 10.3. The number of hydrogen-bond acceptors (Lipinski definition) is 2. The van der Waals surface area contributed by atoms with E-state index in [2.05, 4.69) is 19.1 Å².